The van der Waals surface area contributed by atoms with Gasteiger partial charge >= 0.3 is 0 Å². The summed E-state index contributed by atoms with van der Waals surface area (Å²) in [5.74, 6) is 0.0307. The van der Waals surface area contributed by atoms with Gasteiger partial charge in [0.05, 0.1) is 16.4 Å². The molecule has 1 aromatic rings. The van der Waals surface area contributed by atoms with Crippen LogP contribution in [0.2, 0.25) is 0 Å². The van der Waals surface area contributed by atoms with E-state index in [9.17, 15) is 13.2 Å². The molecule has 1 atom stereocenters. The molecule has 1 aliphatic carbocycles. The van der Waals surface area contributed by atoms with Gasteiger partial charge in [-0.25, -0.2) is 8.42 Å². The minimum Gasteiger partial charge on any atom is -0.392 e. The fraction of sp³-hybridized carbons (Fsp3) is 0.579. The molecule has 0 radical (unpaired) electrons. The molecule has 1 unspecified atom stereocenters. The van der Waals surface area contributed by atoms with Gasteiger partial charge in [-0.3, -0.25) is 4.79 Å². The van der Waals surface area contributed by atoms with Gasteiger partial charge in [0.15, 0.2) is 9.84 Å². The molecule has 0 N–H and O–H groups in total. The third kappa shape index (κ3) is 3.37. The first-order valence-corrected chi connectivity index (χ1v) is 10.9. The number of oxime groups is 1. The lowest BCUT2D eigenvalue weighted by atomic mass is 9.91. The van der Waals surface area contributed by atoms with E-state index in [0.717, 1.165) is 37.0 Å². The van der Waals surface area contributed by atoms with Crippen LogP contribution in [0.5, 0.6) is 0 Å². The van der Waals surface area contributed by atoms with Crippen molar-refractivity contribution >= 4 is 21.5 Å². The smallest absolute Gasteiger partial charge is 0.223 e. The number of hydrogen-bond acceptors (Lipinski definition) is 5. The van der Waals surface area contributed by atoms with Crippen molar-refractivity contribution in [2.24, 2.45) is 11.1 Å². The van der Waals surface area contributed by atoms with Crippen LogP contribution in [0.25, 0.3) is 0 Å². The number of sulfone groups is 1. The lowest BCUT2D eigenvalue weighted by Crippen LogP contribution is -2.53. The third-order valence-electron chi connectivity index (χ3n) is 5.57. The van der Waals surface area contributed by atoms with Crippen LogP contribution in [-0.4, -0.2) is 49.9 Å². The zero-order valence-corrected chi connectivity index (χ0v) is 15.8. The number of aryl methyl sites for hydroxylation is 2. The second-order valence-electron chi connectivity index (χ2n) is 7.55. The number of benzene rings is 1. The number of rotatable bonds is 5. The number of hydrogen-bond donors (Lipinski definition) is 0. The lowest BCUT2D eigenvalue weighted by Gasteiger charge is -2.39. The SMILES string of the molecule is CC1CC(C2CN(C(=O)CCS(=O)(=O)c3ccc4c(c3)CCC4)C2)=NO1. The van der Waals surface area contributed by atoms with E-state index < -0.39 is 9.84 Å². The molecule has 2 aliphatic heterocycles. The number of amides is 1. The monoisotopic (exact) mass is 376 g/mol. The van der Waals surface area contributed by atoms with Gasteiger partial charge in [0.25, 0.3) is 0 Å². The van der Waals surface area contributed by atoms with Crippen LogP contribution in [0.1, 0.15) is 37.3 Å². The van der Waals surface area contributed by atoms with Gasteiger partial charge in [0, 0.05) is 31.8 Å². The molecule has 1 fully saturated rings. The summed E-state index contributed by atoms with van der Waals surface area (Å²) in [7, 11) is -3.42. The van der Waals surface area contributed by atoms with Crippen LogP contribution < -0.4 is 0 Å². The lowest BCUT2D eigenvalue weighted by molar-refractivity contribution is -0.135. The Morgan fingerprint density at radius 2 is 2.04 bits per heavy atom. The maximum absolute atomic E-state index is 12.6. The molecular weight excluding hydrogens is 352 g/mol. The Labute approximate surface area is 154 Å². The highest BCUT2D eigenvalue weighted by Crippen LogP contribution is 2.27. The van der Waals surface area contributed by atoms with Crippen molar-refractivity contribution in [1.82, 2.24) is 4.90 Å². The predicted octanol–water partition coefficient (Wildman–Crippen LogP) is 1.96. The van der Waals surface area contributed by atoms with Gasteiger partial charge < -0.3 is 9.74 Å². The molecule has 0 saturated carbocycles. The second kappa shape index (κ2) is 6.68. The Balaban J connectivity index is 1.30. The van der Waals surface area contributed by atoms with Crippen molar-refractivity contribution < 1.29 is 18.0 Å². The molecule has 26 heavy (non-hydrogen) atoms. The topological polar surface area (TPSA) is 76.0 Å². The van der Waals surface area contributed by atoms with Crippen LogP contribution >= 0.6 is 0 Å². The average Bonchev–Trinajstić information content (AvgIpc) is 3.20. The van der Waals surface area contributed by atoms with Crippen LogP contribution in [-0.2, 0) is 32.3 Å². The predicted molar refractivity (Wildman–Crippen MR) is 97.8 cm³/mol. The van der Waals surface area contributed by atoms with E-state index in [1.54, 1.807) is 17.0 Å². The third-order valence-corrected chi connectivity index (χ3v) is 7.28. The van der Waals surface area contributed by atoms with Crippen molar-refractivity contribution in [2.75, 3.05) is 18.8 Å². The highest BCUT2D eigenvalue weighted by atomic mass is 32.2. The summed E-state index contributed by atoms with van der Waals surface area (Å²) < 4.78 is 25.1. The molecule has 2 heterocycles. The highest BCUT2D eigenvalue weighted by molar-refractivity contribution is 7.91. The van der Waals surface area contributed by atoms with E-state index in [0.29, 0.717) is 18.0 Å². The molecule has 4 rings (SSSR count). The van der Waals surface area contributed by atoms with Gasteiger partial charge in [0.2, 0.25) is 5.91 Å². The minimum atomic E-state index is -3.42. The number of fused-ring (bicyclic) bond motifs is 1. The second-order valence-corrected chi connectivity index (χ2v) is 9.66. The van der Waals surface area contributed by atoms with Crippen LogP contribution in [0.3, 0.4) is 0 Å². The van der Waals surface area contributed by atoms with Gasteiger partial charge in [-0.05, 0) is 49.4 Å². The minimum absolute atomic E-state index is 0.0333. The fourth-order valence-corrected chi connectivity index (χ4v) is 5.18. The number of likely N-dealkylation sites (tertiary alicyclic amines) is 1. The van der Waals surface area contributed by atoms with Crippen LogP contribution in [0.15, 0.2) is 28.3 Å². The summed E-state index contributed by atoms with van der Waals surface area (Å²) in [6.45, 7) is 3.21. The molecule has 3 aliphatic rings. The molecule has 0 bridgehead atoms. The summed E-state index contributed by atoms with van der Waals surface area (Å²) in [6.07, 6.45) is 4.03. The fourth-order valence-electron chi connectivity index (χ4n) is 3.90. The van der Waals surface area contributed by atoms with Crippen molar-refractivity contribution in [2.45, 2.75) is 50.0 Å². The first-order chi connectivity index (χ1) is 12.4. The van der Waals surface area contributed by atoms with Crippen molar-refractivity contribution in [3.63, 3.8) is 0 Å². The van der Waals surface area contributed by atoms with Gasteiger partial charge in [-0.15, -0.1) is 0 Å². The number of carbonyl (C=O) groups excluding carboxylic acids is 1. The zero-order chi connectivity index (χ0) is 18.3. The van der Waals surface area contributed by atoms with E-state index in [1.807, 2.05) is 13.0 Å². The average molecular weight is 376 g/mol. The summed E-state index contributed by atoms with van der Waals surface area (Å²) in [4.78, 5) is 19.6. The van der Waals surface area contributed by atoms with E-state index in [4.69, 9.17) is 4.84 Å². The largest absolute Gasteiger partial charge is 0.392 e. The quantitative estimate of drug-likeness (QED) is 0.787. The molecule has 0 spiro atoms. The molecule has 7 heteroatoms. The Kier molecular flexibility index (Phi) is 4.50. The Bertz CT molecular complexity index is 856. The maximum atomic E-state index is 12.6. The highest BCUT2D eigenvalue weighted by Gasteiger charge is 2.37. The van der Waals surface area contributed by atoms with E-state index in [-0.39, 0.29) is 30.1 Å². The van der Waals surface area contributed by atoms with Gasteiger partial charge in [-0.2, -0.15) is 0 Å². The Morgan fingerprint density at radius 1 is 1.27 bits per heavy atom. The molecular formula is C19H24N2O4S. The number of carbonyl (C=O) groups is 1. The van der Waals surface area contributed by atoms with Crippen LogP contribution in [0, 0.1) is 5.92 Å². The molecule has 0 aromatic heterocycles. The van der Waals surface area contributed by atoms with E-state index >= 15 is 0 Å². The standard InChI is InChI=1S/C19H24N2O4S/c1-13-9-18(20-25-13)16-11-21(12-16)19(22)7-8-26(23,24)17-6-5-14-3-2-4-15(14)10-17/h5-6,10,13,16H,2-4,7-9,11-12H2,1H3. The van der Waals surface area contributed by atoms with Crippen molar-refractivity contribution in [1.29, 1.82) is 0 Å². The molecule has 1 saturated heterocycles. The van der Waals surface area contributed by atoms with Crippen molar-refractivity contribution in [3.05, 3.63) is 29.3 Å². The first kappa shape index (κ1) is 17.5. The van der Waals surface area contributed by atoms with E-state index in [1.165, 1.54) is 5.56 Å². The van der Waals surface area contributed by atoms with Crippen LogP contribution in [0.4, 0.5) is 0 Å². The summed E-state index contributed by atoms with van der Waals surface area (Å²) in [6, 6.07) is 5.40. The Morgan fingerprint density at radius 3 is 2.77 bits per heavy atom. The van der Waals surface area contributed by atoms with Crippen molar-refractivity contribution in [3.8, 4) is 0 Å². The van der Waals surface area contributed by atoms with E-state index in [2.05, 4.69) is 5.16 Å². The van der Waals surface area contributed by atoms with Gasteiger partial charge in [0.1, 0.15) is 6.10 Å². The number of nitrogens with zero attached hydrogens (tertiary/aromatic N) is 2. The summed E-state index contributed by atoms with van der Waals surface area (Å²) >= 11 is 0. The maximum Gasteiger partial charge on any atom is 0.223 e. The molecule has 1 amide bonds. The summed E-state index contributed by atoms with van der Waals surface area (Å²) in [5.41, 5.74) is 3.41. The summed E-state index contributed by atoms with van der Waals surface area (Å²) in [5, 5.41) is 4.07. The molecule has 1 aromatic carbocycles. The first-order valence-electron chi connectivity index (χ1n) is 9.27. The molecule has 140 valence electrons. The Hall–Kier alpha value is -1.89. The molecule has 6 nitrogen and oxygen atoms in total. The zero-order valence-electron chi connectivity index (χ0n) is 15.0. The normalized spacial score (nSPS) is 22.6. The van der Waals surface area contributed by atoms with Gasteiger partial charge in [-0.1, -0.05) is 11.2 Å².